The number of carboxylic acid groups (broad SMARTS) is 2. The summed E-state index contributed by atoms with van der Waals surface area (Å²) < 4.78 is 0. The van der Waals surface area contributed by atoms with E-state index in [-0.39, 0.29) is 29.6 Å². The van der Waals surface area contributed by atoms with E-state index in [0.29, 0.717) is 0 Å². The average Bonchev–Trinajstić information content (AvgIpc) is 2.62. The first kappa shape index (κ1) is 31.2. The summed E-state index contributed by atoms with van der Waals surface area (Å²) in [5.41, 5.74) is 0. The molecule has 0 aliphatic heterocycles. The van der Waals surface area contributed by atoms with Gasteiger partial charge in [0.1, 0.15) is 42.7 Å². The SMILES string of the molecule is O=C(O)C(O)C(O)C(O)C(O)CO.O=C([O-])C(O)C(O)C(O)C(O)CO.[Na+]. The number of hydrogen-bond acceptors (Lipinski definition) is 13. The fourth-order valence-corrected chi connectivity index (χ4v) is 1.33. The smallest absolute Gasteiger partial charge is 0.547 e. The molecule has 0 fully saturated rings. The van der Waals surface area contributed by atoms with Crippen molar-refractivity contribution in [3.05, 3.63) is 0 Å². The molecule has 0 saturated heterocycles. The number of aliphatic hydroxyl groups is 10. The van der Waals surface area contributed by atoms with Crippen LogP contribution in [0.1, 0.15) is 0 Å². The Morgan fingerprint density at radius 1 is 0.667 bits per heavy atom. The number of aliphatic hydroxyl groups excluding tert-OH is 10. The summed E-state index contributed by atoms with van der Waals surface area (Å²) in [7, 11) is 0. The first-order valence-corrected chi connectivity index (χ1v) is 6.93. The monoisotopic (exact) mass is 414 g/mol. The zero-order valence-electron chi connectivity index (χ0n) is 14.2. The van der Waals surface area contributed by atoms with E-state index in [1.165, 1.54) is 0 Å². The van der Waals surface area contributed by atoms with Crippen LogP contribution in [-0.2, 0) is 9.59 Å². The van der Waals surface area contributed by atoms with Crippen LogP contribution in [0.15, 0.2) is 0 Å². The Labute approximate surface area is 174 Å². The molecule has 0 aromatic heterocycles. The molecule has 0 saturated carbocycles. The van der Waals surface area contributed by atoms with Crippen molar-refractivity contribution in [2.24, 2.45) is 0 Å². The van der Waals surface area contributed by atoms with Gasteiger partial charge >= 0.3 is 35.5 Å². The molecule has 8 unspecified atom stereocenters. The van der Waals surface area contributed by atoms with E-state index in [1.54, 1.807) is 0 Å². The van der Waals surface area contributed by atoms with Gasteiger partial charge in [0.05, 0.1) is 19.2 Å². The first-order valence-electron chi connectivity index (χ1n) is 6.93. The summed E-state index contributed by atoms with van der Waals surface area (Å²) >= 11 is 0. The molecular formula is C12H23NaO14. The average molecular weight is 414 g/mol. The topological polar surface area (TPSA) is 280 Å². The van der Waals surface area contributed by atoms with Crippen molar-refractivity contribution >= 4 is 11.9 Å². The van der Waals surface area contributed by atoms with Gasteiger partial charge in [-0.05, 0) is 0 Å². The van der Waals surface area contributed by atoms with Crippen LogP contribution < -0.4 is 34.7 Å². The Balaban J connectivity index is -0.000000411. The van der Waals surface area contributed by atoms with Crippen LogP contribution in [0.25, 0.3) is 0 Å². The van der Waals surface area contributed by atoms with E-state index in [1.807, 2.05) is 0 Å². The zero-order valence-corrected chi connectivity index (χ0v) is 16.2. The summed E-state index contributed by atoms with van der Waals surface area (Å²) in [6, 6.07) is 0. The summed E-state index contributed by atoms with van der Waals surface area (Å²) in [4.78, 5) is 20.1. The molecule has 0 radical (unpaired) electrons. The van der Waals surface area contributed by atoms with Gasteiger partial charge in [0.15, 0.2) is 6.10 Å². The van der Waals surface area contributed by atoms with Crippen LogP contribution in [0.5, 0.6) is 0 Å². The Hall–Kier alpha value is -0.460. The molecule has 0 rings (SSSR count). The largest absolute Gasteiger partial charge is 1.00 e. The number of hydrogen-bond donors (Lipinski definition) is 11. The Bertz CT molecular complexity index is 385. The number of aliphatic carboxylic acids is 2. The molecule has 0 aromatic rings. The molecule has 15 heteroatoms. The van der Waals surface area contributed by atoms with Crippen molar-refractivity contribution in [2.75, 3.05) is 13.2 Å². The minimum absolute atomic E-state index is 0. The van der Waals surface area contributed by atoms with Gasteiger partial charge in [-0.25, -0.2) is 4.79 Å². The molecule has 0 aromatic carbocycles. The van der Waals surface area contributed by atoms with Crippen molar-refractivity contribution < 1.29 is 100 Å². The van der Waals surface area contributed by atoms with Gasteiger partial charge in [-0.2, -0.15) is 0 Å². The van der Waals surface area contributed by atoms with Crippen LogP contribution in [0.2, 0.25) is 0 Å². The maximum absolute atomic E-state index is 10.1. The third-order valence-electron chi connectivity index (χ3n) is 3.00. The standard InChI is InChI=1S/2C6H12O7.Na/c2*7-1-2(8)3(9)4(10)5(11)6(12)13;/h2*2-5,7-11H,1H2,(H,12,13);/q;;+1/p-1. The second-order valence-electron chi connectivity index (χ2n) is 5.01. The van der Waals surface area contributed by atoms with Gasteiger partial charge < -0.3 is 66.1 Å². The quantitative estimate of drug-likeness (QED) is 0.148. The fraction of sp³-hybridized carbons (Fsp3) is 0.833. The molecule has 0 heterocycles. The Kier molecular flexibility index (Phi) is 17.9. The normalized spacial score (nSPS) is 19.6. The minimum Gasteiger partial charge on any atom is -0.547 e. The Morgan fingerprint density at radius 3 is 1.19 bits per heavy atom. The number of carbonyl (C=O) groups is 2. The molecule has 14 nitrogen and oxygen atoms in total. The number of rotatable bonds is 10. The first-order chi connectivity index (χ1) is 11.8. The minimum atomic E-state index is -2.31. The van der Waals surface area contributed by atoms with E-state index in [0.717, 1.165) is 0 Å². The molecule has 0 bridgehead atoms. The molecule has 0 aliphatic rings. The molecule has 156 valence electrons. The van der Waals surface area contributed by atoms with Crippen molar-refractivity contribution in [1.82, 2.24) is 0 Å². The van der Waals surface area contributed by atoms with Crippen molar-refractivity contribution in [1.29, 1.82) is 0 Å². The third-order valence-corrected chi connectivity index (χ3v) is 3.00. The second-order valence-corrected chi connectivity index (χ2v) is 5.01. The van der Waals surface area contributed by atoms with Gasteiger partial charge in [0.25, 0.3) is 0 Å². The Morgan fingerprint density at radius 2 is 0.963 bits per heavy atom. The molecule has 0 amide bonds. The predicted octanol–water partition coefficient (Wildman–Crippen LogP) is -11.3. The summed E-state index contributed by atoms with van der Waals surface area (Å²) in [6.45, 7) is -1.71. The summed E-state index contributed by atoms with van der Waals surface area (Å²) in [5.74, 6) is -3.70. The number of carboxylic acids is 2. The fourth-order valence-electron chi connectivity index (χ4n) is 1.33. The van der Waals surface area contributed by atoms with Gasteiger partial charge in [0, 0.05) is 0 Å². The van der Waals surface area contributed by atoms with E-state index < -0.39 is 74.0 Å². The molecule has 11 N–H and O–H groups in total. The third kappa shape index (κ3) is 11.2. The maximum Gasteiger partial charge on any atom is 1.00 e. The van der Waals surface area contributed by atoms with Crippen LogP contribution in [0, 0.1) is 0 Å². The van der Waals surface area contributed by atoms with Crippen LogP contribution in [0.4, 0.5) is 0 Å². The van der Waals surface area contributed by atoms with E-state index in [4.69, 9.17) is 56.2 Å². The van der Waals surface area contributed by atoms with Crippen LogP contribution in [-0.4, -0.2) is 130 Å². The van der Waals surface area contributed by atoms with E-state index in [2.05, 4.69) is 0 Å². The second kappa shape index (κ2) is 15.5. The van der Waals surface area contributed by atoms with Gasteiger partial charge in [-0.3, -0.25) is 0 Å². The van der Waals surface area contributed by atoms with Crippen LogP contribution >= 0.6 is 0 Å². The van der Waals surface area contributed by atoms with Crippen LogP contribution in [0.3, 0.4) is 0 Å². The van der Waals surface area contributed by atoms with Gasteiger partial charge in [0.2, 0.25) is 0 Å². The van der Waals surface area contributed by atoms with E-state index in [9.17, 15) is 14.7 Å². The van der Waals surface area contributed by atoms with Crippen molar-refractivity contribution in [3.63, 3.8) is 0 Å². The van der Waals surface area contributed by atoms with Crippen molar-refractivity contribution in [2.45, 2.75) is 48.8 Å². The molecule has 0 aliphatic carbocycles. The molecule has 0 spiro atoms. The van der Waals surface area contributed by atoms with E-state index >= 15 is 0 Å². The summed E-state index contributed by atoms with van der Waals surface area (Å²) in [6.07, 6.45) is -15.9. The maximum atomic E-state index is 10.1. The summed E-state index contributed by atoms with van der Waals surface area (Å²) in [5, 5.41) is 105. The van der Waals surface area contributed by atoms with Crippen molar-refractivity contribution in [3.8, 4) is 0 Å². The molecule has 27 heavy (non-hydrogen) atoms. The molecule has 8 atom stereocenters. The zero-order chi connectivity index (χ0) is 21.2. The number of carbonyl (C=O) groups excluding carboxylic acids is 1. The van der Waals surface area contributed by atoms with Gasteiger partial charge in [-0.15, -0.1) is 0 Å². The predicted molar refractivity (Wildman–Crippen MR) is 74.9 cm³/mol. The van der Waals surface area contributed by atoms with Gasteiger partial charge in [-0.1, -0.05) is 0 Å². The molecular weight excluding hydrogens is 391 g/mol.